The van der Waals surface area contributed by atoms with Crippen molar-refractivity contribution in [3.63, 3.8) is 0 Å². The Bertz CT molecular complexity index is 593. The SMILES string of the molecule is CC(=O)N[C@H]1[C@@H](Oc2ccc([N+](=O)[O-])cc2)O[C@H](CO)[C@@H](O)[C@H]1O. The molecule has 0 unspecified atom stereocenters. The smallest absolute Gasteiger partial charge is 0.269 e. The van der Waals surface area contributed by atoms with Crippen molar-refractivity contribution in [3.05, 3.63) is 34.4 Å². The highest BCUT2D eigenvalue weighted by Crippen LogP contribution is 2.25. The number of aliphatic hydroxyl groups excluding tert-OH is 3. The highest BCUT2D eigenvalue weighted by molar-refractivity contribution is 5.73. The first kappa shape index (κ1) is 18.1. The van der Waals surface area contributed by atoms with Crippen LogP contribution in [-0.4, -0.2) is 63.4 Å². The molecule has 1 amide bonds. The van der Waals surface area contributed by atoms with Crippen molar-refractivity contribution in [1.29, 1.82) is 0 Å². The summed E-state index contributed by atoms with van der Waals surface area (Å²) in [4.78, 5) is 21.4. The molecule has 10 nitrogen and oxygen atoms in total. The lowest BCUT2D eigenvalue weighted by Crippen LogP contribution is -2.65. The fraction of sp³-hybridized carbons (Fsp3) is 0.500. The number of nitrogens with zero attached hydrogens (tertiary/aromatic N) is 1. The van der Waals surface area contributed by atoms with Crippen LogP contribution in [0.2, 0.25) is 0 Å². The average molecular weight is 342 g/mol. The first-order valence-electron chi connectivity index (χ1n) is 7.14. The maximum Gasteiger partial charge on any atom is 0.269 e. The van der Waals surface area contributed by atoms with Crippen LogP contribution in [-0.2, 0) is 9.53 Å². The molecule has 1 aromatic rings. The monoisotopic (exact) mass is 342 g/mol. The first-order valence-corrected chi connectivity index (χ1v) is 7.14. The second-order valence-electron chi connectivity index (χ2n) is 5.30. The van der Waals surface area contributed by atoms with E-state index in [1.807, 2.05) is 0 Å². The number of aliphatic hydroxyl groups is 3. The van der Waals surface area contributed by atoms with Gasteiger partial charge in [0.2, 0.25) is 12.2 Å². The highest BCUT2D eigenvalue weighted by Gasteiger charge is 2.46. The van der Waals surface area contributed by atoms with Gasteiger partial charge in [-0.2, -0.15) is 0 Å². The Labute approximate surface area is 136 Å². The molecule has 10 heteroatoms. The maximum atomic E-state index is 11.3. The Kier molecular flexibility index (Phi) is 5.67. The summed E-state index contributed by atoms with van der Waals surface area (Å²) < 4.78 is 10.9. The first-order chi connectivity index (χ1) is 11.3. The summed E-state index contributed by atoms with van der Waals surface area (Å²) in [5.41, 5.74) is -0.131. The number of nitro groups is 1. The Morgan fingerprint density at radius 3 is 2.46 bits per heavy atom. The van der Waals surface area contributed by atoms with Crippen LogP contribution in [0.15, 0.2) is 24.3 Å². The van der Waals surface area contributed by atoms with E-state index >= 15 is 0 Å². The Morgan fingerprint density at radius 2 is 1.96 bits per heavy atom. The van der Waals surface area contributed by atoms with E-state index in [4.69, 9.17) is 9.47 Å². The van der Waals surface area contributed by atoms with E-state index in [2.05, 4.69) is 5.32 Å². The van der Waals surface area contributed by atoms with Gasteiger partial charge in [-0.25, -0.2) is 0 Å². The predicted molar refractivity (Wildman–Crippen MR) is 79.1 cm³/mol. The van der Waals surface area contributed by atoms with E-state index in [1.54, 1.807) is 0 Å². The zero-order chi connectivity index (χ0) is 17.9. The third-order valence-electron chi connectivity index (χ3n) is 3.55. The molecule has 0 bridgehead atoms. The number of carbonyl (C=O) groups is 1. The van der Waals surface area contributed by atoms with Gasteiger partial charge in [0.1, 0.15) is 30.1 Å². The summed E-state index contributed by atoms with van der Waals surface area (Å²) in [6, 6.07) is 4.02. The molecule has 2 rings (SSSR count). The lowest BCUT2D eigenvalue weighted by atomic mass is 9.97. The lowest BCUT2D eigenvalue weighted by molar-refractivity contribution is -0.384. The topological polar surface area (TPSA) is 151 Å². The van der Waals surface area contributed by atoms with E-state index in [0.29, 0.717) is 0 Å². The average Bonchev–Trinajstić information content (AvgIpc) is 2.54. The van der Waals surface area contributed by atoms with Gasteiger partial charge in [-0.15, -0.1) is 0 Å². The van der Waals surface area contributed by atoms with Crippen LogP contribution in [0.4, 0.5) is 5.69 Å². The highest BCUT2D eigenvalue weighted by atomic mass is 16.7. The molecule has 1 aliphatic rings. The molecule has 0 aromatic heterocycles. The fourth-order valence-electron chi connectivity index (χ4n) is 2.35. The number of carbonyl (C=O) groups excluding carboxylic acids is 1. The standard InChI is InChI=1S/C14H18N2O8/c1-7(18)15-11-13(20)12(19)10(6-17)24-14(11)23-9-4-2-8(3-5-9)16(21)22/h2-5,10-14,17,19-20H,6H2,1H3,(H,15,18)/t10-,11-,12-,13+,14+/m1/s1. The quantitative estimate of drug-likeness (QED) is 0.389. The minimum Gasteiger partial charge on any atom is -0.463 e. The summed E-state index contributed by atoms with van der Waals surface area (Å²) in [5, 5.41) is 42.3. The number of nitrogens with one attached hydrogen (secondary N) is 1. The van der Waals surface area contributed by atoms with Gasteiger partial charge in [-0.1, -0.05) is 0 Å². The largest absolute Gasteiger partial charge is 0.463 e. The molecule has 1 heterocycles. The molecule has 1 saturated heterocycles. The van der Waals surface area contributed by atoms with Crippen molar-refractivity contribution in [2.24, 2.45) is 0 Å². The number of non-ortho nitro benzene ring substituents is 1. The molecule has 0 aliphatic carbocycles. The number of hydrogen-bond donors (Lipinski definition) is 4. The maximum absolute atomic E-state index is 11.3. The van der Waals surface area contributed by atoms with Crippen molar-refractivity contribution in [1.82, 2.24) is 5.32 Å². The number of benzene rings is 1. The summed E-state index contributed by atoms with van der Waals surface area (Å²) in [7, 11) is 0. The van der Waals surface area contributed by atoms with Crippen molar-refractivity contribution in [2.45, 2.75) is 37.6 Å². The molecular formula is C14H18N2O8. The molecular weight excluding hydrogens is 324 g/mol. The Morgan fingerprint density at radius 1 is 1.33 bits per heavy atom. The van der Waals surface area contributed by atoms with Crippen molar-refractivity contribution < 1.29 is 34.5 Å². The molecule has 1 aromatic carbocycles. The van der Waals surface area contributed by atoms with Crippen LogP contribution in [0.1, 0.15) is 6.92 Å². The van der Waals surface area contributed by atoms with Crippen LogP contribution >= 0.6 is 0 Å². The summed E-state index contributed by atoms with van der Waals surface area (Å²) >= 11 is 0. The van der Waals surface area contributed by atoms with Crippen molar-refractivity contribution >= 4 is 11.6 Å². The third kappa shape index (κ3) is 3.97. The number of hydrogen-bond acceptors (Lipinski definition) is 8. The Balaban J connectivity index is 2.19. The van der Waals surface area contributed by atoms with E-state index in [0.717, 1.165) is 0 Å². The van der Waals surface area contributed by atoms with Gasteiger partial charge in [0.15, 0.2) is 0 Å². The van der Waals surface area contributed by atoms with Gasteiger partial charge in [-0.05, 0) is 12.1 Å². The van der Waals surface area contributed by atoms with Gasteiger partial charge < -0.3 is 30.1 Å². The predicted octanol–water partition coefficient (Wildman–Crippen LogP) is -1.08. The zero-order valence-corrected chi connectivity index (χ0v) is 12.7. The van der Waals surface area contributed by atoms with Crippen LogP contribution < -0.4 is 10.1 Å². The molecule has 0 spiro atoms. The van der Waals surface area contributed by atoms with Gasteiger partial charge in [0, 0.05) is 19.1 Å². The fourth-order valence-corrected chi connectivity index (χ4v) is 2.35. The van der Waals surface area contributed by atoms with Gasteiger partial charge in [0.05, 0.1) is 11.5 Å². The van der Waals surface area contributed by atoms with Crippen molar-refractivity contribution in [2.75, 3.05) is 6.61 Å². The number of rotatable bonds is 5. The van der Waals surface area contributed by atoms with Gasteiger partial charge >= 0.3 is 0 Å². The van der Waals surface area contributed by atoms with Gasteiger partial charge in [0.25, 0.3) is 5.69 Å². The molecule has 4 N–H and O–H groups in total. The zero-order valence-electron chi connectivity index (χ0n) is 12.7. The molecule has 5 atom stereocenters. The van der Waals surface area contributed by atoms with E-state index in [1.165, 1.54) is 31.2 Å². The summed E-state index contributed by atoms with van der Waals surface area (Å²) in [5.74, 6) is -0.282. The Hall–Kier alpha value is -2.27. The third-order valence-corrected chi connectivity index (χ3v) is 3.55. The molecule has 0 radical (unpaired) electrons. The molecule has 1 fully saturated rings. The summed E-state index contributed by atoms with van der Waals surface area (Å²) in [6.45, 7) is 0.658. The van der Waals surface area contributed by atoms with Crippen molar-refractivity contribution in [3.8, 4) is 5.75 Å². The number of nitro benzene ring substituents is 1. The minimum atomic E-state index is -1.43. The second kappa shape index (κ2) is 7.53. The number of amides is 1. The van der Waals surface area contributed by atoms with Crippen LogP contribution in [0, 0.1) is 10.1 Å². The van der Waals surface area contributed by atoms with Crippen LogP contribution in [0.3, 0.4) is 0 Å². The van der Waals surface area contributed by atoms with E-state index < -0.39 is 48.1 Å². The molecule has 1 aliphatic heterocycles. The molecule has 24 heavy (non-hydrogen) atoms. The normalized spacial score (nSPS) is 29.8. The van der Waals surface area contributed by atoms with E-state index in [-0.39, 0.29) is 11.4 Å². The van der Waals surface area contributed by atoms with Crippen LogP contribution in [0.25, 0.3) is 0 Å². The number of ether oxygens (including phenoxy) is 2. The summed E-state index contributed by atoms with van der Waals surface area (Å²) in [6.07, 6.45) is -5.15. The molecule has 132 valence electrons. The second-order valence-corrected chi connectivity index (χ2v) is 5.30. The minimum absolute atomic E-state index is 0.131. The lowest BCUT2D eigenvalue weighted by Gasteiger charge is -2.42. The van der Waals surface area contributed by atoms with Gasteiger partial charge in [-0.3, -0.25) is 14.9 Å². The molecule has 0 saturated carbocycles. The van der Waals surface area contributed by atoms with E-state index in [9.17, 15) is 30.2 Å². The van der Waals surface area contributed by atoms with Crippen LogP contribution in [0.5, 0.6) is 5.75 Å².